The van der Waals surface area contributed by atoms with Crippen molar-refractivity contribution < 1.29 is 22.7 Å². The fourth-order valence-corrected chi connectivity index (χ4v) is 5.05. The number of rotatable bonds is 4. The number of aromatic nitrogens is 1. The maximum atomic E-state index is 13.0. The molecule has 138 valence electrons. The van der Waals surface area contributed by atoms with Gasteiger partial charge in [-0.15, -0.1) is 0 Å². The van der Waals surface area contributed by atoms with E-state index in [1.807, 2.05) is 0 Å². The lowest BCUT2D eigenvalue weighted by atomic mass is 10.2. The number of hydrogen-bond acceptors (Lipinski definition) is 5. The number of carbonyl (C=O) groups is 2. The van der Waals surface area contributed by atoms with E-state index in [0.717, 1.165) is 0 Å². The molecule has 2 fully saturated rings. The number of ether oxygens (including phenoxy) is 1. The number of primary amides is 1. The van der Waals surface area contributed by atoms with Crippen LogP contribution in [0.4, 0.5) is 0 Å². The number of nitrogens with two attached hydrogens (primary N) is 1. The summed E-state index contributed by atoms with van der Waals surface area (Å²) in [7, 11) is -2.33. The van der Waals surface area contributed by atoms with E-state index in [4.69, 9.17) is 10.5 Å². The fourth-order valence-electron chi connectivity index (χ4n) is 3.32. The zero-order chi connectivity index (χ0) is 18.2. The van der Waals surface area contributed by atoms with E-state index in [9.17, 15) is 18.0 Å². The van der Waals surface area contributed by atoms with Crippen molar-refractivity contribution in [2.75, 3.05) is 32.8 Å². The van der Waals surface area contributed by atoms with Crippen molar-refractivity contribution >= 4 is 21.8 Å². The Balaban J connectivity index is 1.86. The van der Waals surface area contributed by atoms with Gasteiger partial charge in [-0.3, -0.25) is 9.59 Å². The second-order valence-corrected chi connectivity index (χ2v) is 8.14. The third-order valence-corrected chi connectivity index (χ3v) is 6.52. The van der Waals surface area contributed by atoms with E-state index < -0.39 is 22.0 Å². The number of hydrogen-bond donors (Lipinski definition) is 1. The van der Waals surface area contributed by atoms with Crippen LogP contribution in [0.5, 0.6) is 0 Å². The molecule has 25 heavy (non-hydrogen) atoms. The standard InChI is InChI=1S/C15H22N4O5S/c1-17-10-11(9-13(17)14(16)20)25(22,23)19-4-2-3-12(19)15(21)18-5-7-24-8-6-18/h9-10,12H,2-8H2,1H3,(H2,16,20). The van der Waals surface area contributed by atoms with Crippen LogP contribution in [0.1, 0.15) is 23.3 Å². The van der Waals surface area contributed by atoms with Crippen LogP contribution in [0.25, 0.3) is 0 Å². The van der Waals surface area contributed by atoms with Crippen molar-refractivity contribution in [1.82, 2.24) is 13.8 Å². The third-order valence-electron chi connectivity index (χ3n) is 4.65. The molecule has 2 saturated heterocycles. The molecule has 2 aliphatic rings. The maximum absolute atomic E-state index is 13.0. The first-order chi connectivity index (χ1) is 11.8. The molecule has 10 heteroatoms. The molecular weight excluding hydrogens is 348 g/mol. The number of nitrogens with zero attached hydrogens (tertiary/aromatic N) is 3. The van der Waals surface area contributed by atoms with Gasteiger partial charge in [0.15, 0.2) is 0 Å². The lowest BCUT2D eigenvalue weighted by Gasteiger charge is -2.32. The molecule has 3 rings (SSSR count). The fraction of sp³-hybridized carbons (Fsp3) is 0.600. The Hall–Kier alpha value is -1.91. The molecule has 9 nitrogen and oxygen atoms in total. The molecule has 1 aromatic rings. The van der Waals surface area contributed by atoms with Crippen molar-refractivity contribution in [3.8, 4) is 0 Å². The number of carbonyl (C=O) groups excluding carboxylic acids is 2. The molecule has 0 saturated carbocycles. The molecule has 2 aliphatic heterocycles. The number of aryl methyl sites for hydroxylation is 1. The average Bonchev–Trinajstić information content (AvgIpc) is 3.22. The minimum atomic E-state index is -3.88. The predicted molar refractivity (Wildman–Crippen MR) is 88.2 cm³/mol. The number of sulfonamides is 1. The van der Waals surface area contributed by atoms with E-state index >= 15 is 0 Å². The van der Waals surface area contributed by atoms with Gasteiger partial charge in [-0.25, -0.2) is 8.42 Å². The first-order valence-corrected chi connectivity index (χ1v) is 9.61. The summed E-state index contributed by atoms with van der Waals surface area (Å²) in [5.41, 5.74) is 5.36. The van der Waals surface area contributed by atoms with Gasteiger partial charge in [0.25, 0.3) is 5.91 Å². The molecule has 1 aromatic heterocycles. The first-order valence-electron chi connectivity index (χ1n) is 8.17. The molecule has 0 bridgehead atoms. The normalized spacial score (nSPS) is 22.3. The largest absolute Gasteiger partial charge is 0.378 e. The molecule has 1 unspecified atom stereocenters. The van der Waals surface area contributed by atoms with E-state index in [1.54, 1.807) is 11.9 Å². The quantitative estimate of drug-likeness (QED) is 0.740. The van der Waals surface area contributed by atoms with Crippen molar-refractivity contribution in [3.05, 3.63) is 18.0 Å². The summed E-state index contributed by atoms with van der Waals surface area (Å²) >= 11 is 0. The Bertz CT molecular complexity index is 782. The molecule has 2 N–H and O–H groups in total. The van der Waals surface area contributed by atoms with Crippen LogP contribution >= 0.6 is 0 Å². The predicted octanol–water partition coefficient (Wildman–Crippen LogP) is -0.864. The Morgan fingerprint density at radius 1 is 1.24 bits per heavy atom. The summed E-state index contributed by atoms with van der Waals surface area (Å²) < 4.78 is 33.8. The smallest absolute Gasteiger partial charge is 0.265 e. The van der Waals surface area contributed by atoms with Gasteiger partial charge in [-0.05, 0) is 18.9 Å². The number of amides is 2. The second-order valence-electron chi connectivity index (χ2n) is 6.25. The van der Waals surface area contributed by atoms with E-state index in [1.165, 1.54) is 21.1 Å². The van der Waals surface area contributed by atoms with E-state index in [2.05, 4.69) is 0 Å². The molecular formula is C15H22N4O5S. The summed E-state index contributed by atoms with van der Waals surface area (Å²) in [6.45, 7) is 2.16. The molecule has 2 amide bonds. The lowest BCUT2D eigenvalue weighted by Crippen LogP contribution is -2.50. The van der Waals surface area contributed by atoms with Gasteiger partial charge in [0.2, 0.25) is 15.9 Å². The molecule has 0 aromatic carbocycles. The molecule has 0 aliphatic carbocycles. The van der Waals surface area contributed by atoms with E-state index in [-0.39, 0.29) is 23.0 Å². The number of morpholine rings is 1. The highest BCUT2D eigenvalue weighted by molar-refractivity contribution is 7.89. The molecule has 0 spiro atoms. The van der Waals surface area contributed by atoms with Gasteiger partial charge in [-0.2, -0.15) is 4.31 Å². The molecule has 0 radical (unpaired) electrons. The van der Waals surface area contributed by atoms with Crippen LogP contribution in [0.3, 0.4) is 0 Å². The summed E-state index contributed by atoms with van der Waals surface area (Å²) in [5, 5.41) is 0. The Morgan fingerprint density at radius 2 is 1.92 bits per heavy atom. The van der Waals surface area contributed by atoms with Gasteiger partial charge in [0, 0.05) is 32.9 Å². The lowest BCUT2D eigenvalue weighted by molar-refractivity contribution is -0.138. The minimum Gasteiger partial charge on any atom is -0.378 e. The van der Waals surface area contributed by atoms with Gasteiger partial charge < -0.3 is 19.9 Å². The van der Waals surface area contributed by atoms with Crippen molar-refractivity contribution in [1.29, 1.82) is 0 Å². The second kappa shape index (κ2) is 6.77. The third kappa shape index (κ3) is 3.29. The summed E-state index contributed by atoms with van der Waals surface area (Å²) in [5.74, 6) is -0.887. The average molecular weight is 370 g/mol. The Morgan fingerprint density at radius 3 is 2.52 bits per heavy atom. The van der Waals surface area contributed by atoms with E-state index in [0.29, 0.717) is 39.1 Å². The highest BCUT2D eigenvalue weighted by Crippen LogP contribution is 2.28. The zero-order valence-corrected chi connectivity index (χ0v) is 14.9. The minimum absolute atomic E-state index is 0.0227. The van der Waals surface area contributed by atoms with Crippen LogP contribution < -0.4 is 5.73 Å². The molecule has 1 atom stereocenters. The monoisotopic (exact) mass is 370 g/mol. The first kappa shape index (κ1) is 17.9. The highest BCUT2D eigenvalue weighted by atomic mass is 32.2. The molecule has 3 heterocycles. The summed E-state index contributed by atoms with van der Waals surface area (Å²) in [6.07, 6.45) is 2.46. The van der Waals surface area contributed by atoms with Crippen LogP contribution in [0, 0.1) is 0 Å². The highest BCUT2D eigenvalue weighted by Gasteiger charge is 2.41. The summed E-state index contributed by atoms with van der Waals surface area (Å²) in [6, 6.07) is 0.548. The van der Waals surface area contributed by atoms with Crippen molar-refractivity contribution in [3.63, 3.8) is 0 Å². The Kier molecular flexibility index (Phi) is 4.85. The van der Waals surface area contributed by atoms with Crippen molar-refractivity contribution in [2.24, 2.45) is 12.8 Å². The topological polar surface area (TPSA) is 115 Å². The maximum Gasteiger partial charge on any atom is 0.265 e. The van der Waals surface area contributed by atoms with Gasteiger partial charge in [0.1, 0.15) is 16.6 Å². The van der Waals surface area contributed by atoms with Crippen molar-refractivity contribution in [2.45, 2.75) is 23.8 Å². The van der Waals surface area contributed by atoms with Crippen LogP contribution in [-0.4, -0.2) is 72.9 Å². The van der Waals surface area contributed by atoms with Crippen LogP contribution in [-0.2, 0) is 26.6 Å². The summed E-state index contributed by atoms with van der Waals surface area (Å²) in [4.78, 5) is 25.8. The zero-order valence-electron chi connectivity index (χ0n) is 14.1. The van der Waals surface area contributed by atoms with Crippen LogP contribution in [0.2, 0.25) is 0 Å². The van der Waals surface area contributed by atoms with Gasteiger partial charge >= 0.3 is 0 Å². The SMILES string of the molecule is Cn1cc(S(=O)(=O)N2CCCC2C(=O)N2CCOCC2)cc1C(N)=O. The Labute approximate surface area is 146 Å². The van der Waals surface area contributed by atoms with Gasteiger partial charge in [0.05, 0.1) is 13.2 Å². The van der Waals surface area contributed by atoms with Gasteiger partial charge in [-0.1, -0.05) is 0 Å². The van der Waals surface area contributed by atoms with Crippen LogP contribution in [0.15, 0.2) is 17.2 Å².